The van der Waals surface area contributed by atoms with Gasteiger partial charge in [-0.05, 0) is 48.8 Å². The molecule has 0 saturated heterocycles. The van der Waals surface area contributed by atoms with Crippen molar-refractivity contribution in [3.8, 4) is 11.4 Å². The molecule has 0 aliphatic carbocycles. The molecule has 2 N–H and O–H groups in total. The Morgan fingerprint density at radius 1 is 1.39 bits per heavy atom. The fourth-order valence-corrected chi connectivity index (χ4v) is 2.06. The number of nitrogen functional groups attached to an aromatic ring is 1. The first kappa shape index (κ1) is 13.0. The molecule has 0 spiro atoms. The summed E-state index contributed by atoms with van der Waals surface area (Å²) in [7, 11) is 0. The molecule has 0 bridgehead atoms. The lowest BCUT2D eigenvalue weighted by Gasteiger charge is -2.10. The standard InChI is InChI=1S/C13H16BrN3O/c1-4-18-12-7-10(5-6-11(12)15)17-9(3)13(14)8(2)16-17/h5-7H,4,15H2,1-3H3. The van der Waals surface area contributed by atoms with Crippen molar-refractivity contribution in [1.82, 2.24) is 9.78 Å². The average Bonchev–Trinajstić information content (AvgIpc) is 2.60. The molecule has 0 amide bonds. The summed E-state index contributed by atoms with van der Waals surface area (Å²) in [5.74, 6) is 0.693. The Labute approximate surface area is 115 Å². The molecule has 0 fully saturated rings. The second kappa shape index (κ2) is 5.02. The van der Waals surface area contributed by atoms with Gasteiger partial charge in [0.1, 0.15) is 5.75 Å². The van der Waals surface area contributed by atoms with Gasteiger partial charge in [0.15, 0.2) is 0 Å². The van der Waals surface area contributed by atoms with Crippen LogP contribution in [0.3, 0.4) is 0 Å². The van der Waals surface area contributed by atoms with Crippen molar-refractivity contribution in [3.63, 3.8) is 0 Å². The van der Waals surface area contributed by atoms with Crippen molar-refractivity contribution in [2.45, 2.75) is 20.8 Å². The minimum Gasteiger partial charge on any atom is -0.492 e. The number of nitrogens with zero attached hydrogens (tertiary/aromatic N) is 2. The first-order valence-corrected chi connectivity index (χ1v) is 6.58. The lowest BCUT2D eigenvalue weighted by molar-refractivity contribution is 0.342. The third-order valence-corrected chi connectivity index (χ3v) is 3.89. The number of anilines is 1. The maximum Gasteiger partial charge on any atom is 0.144 e. The van der Waals surface area contributed by atoms with E-state index in [4.69, 9.17) is 10.5 Å². The number of benzene rings is 1. The molecule has 0 atom stereocenters. The predicted molar refractivity (Wildman–Crippen MR) is 76.3 cm³/mol. The first-order chi connectivity index (χ1) is 8.54. The summed E-state index contributed by atoms with van der Waals surface area (Å²) in [4.78, 5) is 0. The summed E-state index contributed by atoms with van der Waals surface area (Å²) in [5, 5.41) is 4.48. The fraction of sp³-hybridized carbons (Fsp3) is 0.308. The van der Waals surface area contributed by atoms with E-state index in [0.29, 0.717) is 18.0 Å². The van der Waals surface area contributed by atoms with Gasteiger partial charge in [0, 0.05) is 6.07 Å². The normalized spacial score (nSPS) is 10.7. The van der Waals surface area contributed by atoms with Crippen molar-refractivity contribution in [3.05, 3.63) is 34.1 Å². The van der Waals surface area contributed by atoms with Crippen LogP contribution in [-0.4, -0.2) is 16.4 Å². The minimum absolute atomic E-state index is 0.592. The van der Waals surface area contributed by atoms with Crippen LogP contribution in [0.5, 0.6) is 5.75 Å². The predicted octanol–water partition coefficient (Wildman–Crippen LogP) is 3.23. The van der Waals surface area contributed by atoms with Gasteiger partial charge in [0.2, 0.25) is 0 Å². The van der Waals surface area contributed by atoms with Crippen molar-refractivity contribution in [2.24, 2.45) is 0 Å². The van der Waals surface area contributed by atoms with Crippen LogP contribution < -0.4 is 10.5 Å². The van der Waals surface area contributed by atoms with Crippen LogP contribution in [-0.2, 0) is 0 Å². The highest BCUT2D eigenvalue weighted by molar-refractivity contribution is 9.10. The van der Waals surface area contributed by atoms with Gasteiger partial charge in [-0.15, -0.1) is 0 Å². The summed E-state index contributed by atoms with van der Waals surface area (Å²) in [5.41, 5.74) is 9.46. The van der Waals surface area contributed by atoms with Crippen LogP contribution in [0, 0.1) is 13.8 Å². The van der Waals surface area contributed by atoms with E-state index in [1.807, 2.05) is 43.7 Å². The van der Waals surface area contributed by atoms with E-state index < -0.39 is 0 Å². The molecule has 0 radical (unpaired) electrons. The lowest BCUT2D eigenvalue weighted by Crippen LogP contribution is -2.02. The number of hydrogen-bond acceptors (Lipinski definition) is 3. The van der Waals surface area contributed by atoms with E-state index >= 15 is 0 Å². The summed E-state index contributed by atoms with van der Waals surface area (Å²) >= 11 is 3.52. The number of nitrogens with two attached hydrogens (primary N) is 1. The Hall–Kier alpha value is -1.49. The molecule has 18 heavy (non-hydrogen) atoms. The van der Waals surface area contributed by atoms with Gasteiger partial charge in [-0.3, -0.25) is 0 Å². The number of aryl methyl sites for hydroxylation is 1. The summed E-state index contributed by atoms with van der Waals surface area (Å²) in [6.07, 6.45) is 0. The van der Waals surface area contributed by atoms with Gasteiger partial charge in [0.25, 0.3) is 0 Å². The van der Waals surface area contributed by atoms with Gasteiger partial charge >= 0.3 is 0 Å². The van der Waals surface area contributed by atoms with E-state index in [-0.39, 0.29) is 0 Å². The van der Waals surface area contributed by atoms with Crippen LogP contribution in [0.2, 0.25) is 0 Å². The van der Waals surface area contributed by atoms with Gasteiger partial charge in [-0.25, -0.2) is 4.68 Å². The fourth-order valence-electron chi connectivity index (χ4n) is 1.81. The van der Waals surface area contributed by atoms with Gasteiger partial charge in [-0.2, -0.15) is 5.10 Å². The van der Waals surface area contributed by atoms with Gasteiger partial charge in [-0.1, -0.05) is 0 Å². The second-order valence-corrected chi connectivity index (χ2v) is 4.84. The molecule has 0 unspecified atom stereocenters. The highest BCUT2D eigenvalue weighted by Crippen LogP contribution is 2.28. The van der Waals surface area contributed by atoms with Gasteiger partial charge < -0.3 is 10.5 Å². The smallest absolute Gasteiger partial charge is 0.144 e. The minimum atomic E-state index is 0.592. The zero-order chi connectivity index (χ0) is 13.3. The van der Waals surface area contributed by atoms with E-state index in [1.165, 1.54) is 0 Å². The Balaban J connectivity index is 2.50. The van der Waals surface area contributed by atoms with Crippen LogP contribution >= 0.6 is 15.9 Å². The summed E-state index contributed by atoms with van der Waals surface area (Å²) in [6, 6.07) is 5.68. The molecule has 4 nitrogen and oxygen atoms in total. The quantitative estimate of drug-likeness (QED) is 0.886. The molecule has 0 aliphatic heterocycles. The van der Waals surface area contributed by atoms with Crippen molar-refractivity contribution in [2.75, 3.05) is 12.3 Å². The van der Waals surface area contributed by atoms with Crippen molar-refractivity contribution in [1.29, 1.82) is 0 Å². The third-order valence-electron chi connectivity index (χ3n) is 2.74. The highest BCUT2D eigenvalue weighted by Gasteiger charge is 2.11. The maximum atomic E-state index is 5.86. The third kappa shape index (κ3) is 2.22. The van der Waals surface area contributed by atoms with Crippen LogP contribution in [0.4, 0.5) is 5.69 Å². The molecule has 1 heterocycles. The molecule has 5 heteroatoms. The number of aromatic nitrogens is 2. The molecule has 1 aromatic carbocycles. The average molecular weight is 310 g/mol. The summed E-state index contributed by atoms with van der Waals surface area (Å²) in [6.45, 7) is 6.51. The largest absolute Gasteiger partial charge is 0.492 e. The molecule has 2 rings (SSSR count). The Kier molecular flexibility index (Phi) is 3.61. The maximum absolute atomic E-state index is 5.86. The molecule has 1 aromatic heterocycles. The van der Waals surface area contributed by atoms with E-state index in [9.17, 15) is 0 Å². The second-order valence-electron chi connectivity index (χ2n) is 4.05. The molecule has 0 saturated carbocycles. The number of hydrogen-bond donors (Lipinski definition) is 1. The number of ether oxygens (including phenoxy) is 1. The zero-order valence-corrected chi connectivity index (χ0v) is 12.3. The van der Waals surface area contributed by atoms with Crippen molar-refractivity contribution >= 4 is 21.6 Å². The Morgan fingerprint density at radius 3 is 2.67 bits per heavy atom. The first-order valence-electron chi connectivity index (χ1n) is 5.79. The number of rotatable bonds is 3. The topological polar surface area (TPSA) is 53.1 Å². The molecule has 96 valence electrons. The van der Waals surface area contributed by atoms with Crippen LogP contribution in [0.15, 0.2) is 22.7 Å². The summed E-state index contributed by atoms with van der Waals surface area (Å²) < 4.78 is 8.40. The highest BCUT2D eigenvalue weighted by atomic mass is 79.9. The van der Waals surface area contributed by atoms with Crippen molar-refractivity contribution < 1.29 is 4.74 Å². The SMILES string of the molecule is CCOc1cc(-n2nc(C)c(Br)c2C)ccc1N. The van der Waals surface area contributed by atoms with E-state index in [1.54, 1.807) is 0 Å². The zero-order valence-electron chi connectivity index (χ0n) is 10.7. The van der Waals surface area contributed by atoms with Crippen LogP contribution in [0.1, 0.15) is 18.3 Å². The lowest BCUT2D eigenvalue weighted by atomic mass is 10.2. The monoisotopic (exact) mass is 309 g/mol. The number of halogens is 1. The molecule has 0 aliphatic rings. The van der Waals surface area contributed by atoms with E-state index in [2.05, 4.69) is 21.0 Å². The van der Waals surface area contributed by atoms with Crippen LogP contribution in [0.25, 0.3) is 5.69 Å². The van der Waals surface area contributed by atoms with Gasteiger partial charge in [0.05, 0.1) is 33.8 Å². The molecular weight excluding hydrogens is 294 g/mol. The Bertz CT molecular complexity index is 578. The Morgan fingerprint density at radius 2 is 2.11 bits per heavy atom. The molecular formula is C13H16BrN3O. The van der Waals surface area contributed by atoms with E-state index in [0.717, 1.165) is 21.5 Å². The molecule has 2 aromatic rings.